The Morgan fingerprint density at radius 3 is 2.39 bits per heavy atom. The van der Waals surface area contributed by atoms with Crippen molar-refractivity contribution in [2.24, 2.45) is 0 Å². The smallest absolute Gasteiger partial charge is 0.259 e. The van der Waals surface area contributed by atoms with Crippen LogP contribution in [0.1, 0.15) is 31.8 Å². The van der Waals surface area contributed by atoms with E-state index >= 15 is 0 Å². The fourth-order valence-corrected chi connectivity index (χ4v) is 6.19. The number of benzene rings is 4. The molecule has 38 heavy (non-hydrogen) atoms. The van der Waals surface area contributed by atoms with Gasteiger partial charge in [-0.25, -0.2) is 8.42 Å². The predicted molar refractivity (Wildman–Crippen MR) is 144 cm³/mol. The first-order valence-electron chi connectivity index (χ1n) is 11.7. The van der Waals surface area contributed by atoms with Crippen LogP contribution in [-0.2, 0) is 22.9 Å². The Balaban J connectivity index is 1.54. The molecule has 0 fully saturated rings. The van der Waals surface area contributed by atoms with Gasteiger partial charge < -0.3 is 15.0 Å². The van der Waals surface area contributed by atoms with Gasteiger partial charge in [0.2, 0.25) is 9.84 Å². The zero-order chi connectivity index (χ0) is 26.9. The van der Waals surface area contributed by atoms with Crippen molar-refractivity contribution in [1.29, 1.82) is 0 Å². The molecule has 0 aromatic heterocycles. The van der Waals surface area contributed by atoms with Crippen molar-refractivity contribution in [2.75, 3.05) is 12.0 Å². The molecule has 0 aliphatic carbocycles. The van der Waals surface area contributed by atoms with Gasteiger partial charge in [-0.3, -0.25) is 9.59 Å². The third kappa shape index (κ3) is 4.88. The van der Waals surface area contributed by atoms with E-state index in [1.165, 1.54) is 35.2 Å². The van der Waals surface area contributed by atoms with Crippen LogP contribution in [0.15, 0.2) is 101 Å². The molecule has 4 aromatic carbocycles. The van der Waals surface area contributed by atoms with Crippen LogP contribution in [0.2, 0.25) is 5.02 Å². The second-order valence-electron chi connectivity index (χ2n) is 8.73. The maximum Gasteiger partial charge on any atom is 0.259 e. The van der Waals surface area contributed by atoms with Crippen molar-refractivity contribution in [3.63, 3.8) is 0 Å². The van der Waals surface area contributed by atoms with Crippen LogP contribution in [0, 0.1) is 0 Å². The highest BCUT2D eigenvalue weighted by Crippen LogP contribution is 2.38. The van der Waals surface area contributed by atoms with Crippen LogP contribution in [-0.4, -0.2) is 27.3 Å². The van der Waals surface area contributed by atoms with Crippen LogP contribution in [0.3, 0.4) is 0 Å². The first kappa shape index (κ1) is 25.5. The van der Waals surface area contributed by atoms with E-state index in [1.807, 2.05) is 12.1 Å². The summed E-state index contributed by atoms with van der Waals surface area (Å²) in [4.78, 5) is 28.1. The summed E-state index contributed by atoms with van der Waals surface area (Å²) in [6, 6.07) is 24.7. The maximum absolute atomic E-state index is 13.7. The number of carbonyl (C=O) groups is 2. The van der Waals surface area contributed by atoms with Crippen molar-refractivity contribution >= 4 is 38.9 Å². The number of amides is 2. The lowest BCUT2D eigenvalue weighted by atomic mass is 10.1. The monoisotopic (exact) mass is 546 g/mol. The first-order valence-corrected chi connectivity index (χ1v) is 13.6. The maximum atomic E-state index is 13.7. The number of hydrogen-bond donors (Lipinski definition) is 1. The minimum atomic E-state index is -4.04. The summed E-state index contributed by atoms with van der Waals surface area (Å²) < 4.78 is 32.5. The van der Waals surface area contributed by atoms with Crippen LogP contribution in [0.5, 0.6) is 5.75 Å². The summed E-state index contributed by atoms with van der Waals surface area (Å²) in [5, 5.41) is 3.34. The van der Waals surface area contributed by atoms with Gasteiger partial charge in [0.15, 0.2) is 0 Å². The van der Waals surface area contributed by atoms with E-state index in [0.29, 0.717) is 16.3 Å². The number of nitrogens with zero attached hydrogens (tertiary/aromatic N) is 1. The Morgan fingerprint density at radius 2 is 1.66 bits per heavy atom. The summed E-state index contributed by atoms with van der Waals surface area (Å²) in [6.07, 6.45) is 0. The van der Waals surface area contributed by atoms with Crippen LogP contribution in [0.4, 0.5) is 5.69 Å². The van der Waals surface area contributed by atoms with Gasteiger partial charge in [0, 0.05) is 17.1 Å². The second-order valence-corrected chi connectivity index (χ2v) is 11.1. The Bertz CT molecular complexity index is 1650. The number of sulfone groups is 1. The molecule has 0 bridgehead atoms. The molecule has 192 valence electrons. The summed E-state index contributed by atoms with van der Waals surface area (Å²) in [6.45, 7) is 0.321. The highest BCUT2D eigenvalue weighted by atomic mass is 35.5. The van der Waals surface area contributed by atoms with Gasteiger partial charge in [-0.15, -0.1) is 0 Å². The van der Waals surface area contributed by atoms with Gasteiger partial charge in [-0.2, -0.15) is 0 Å². The van der Waals surface area contributed by atoms with Gasteiger partial charge >= 0.3 is 0 Å². The topological polar surface area (TPSA) is 92.8 Å². The van der Waals surface area contributed by atoms with Crippen molar-refractivity contribution in [3.8, 4) is 5.75 Å². The van der Waals surface area contributed by atoms with Crippen molar-refractivity contribution in [3.05, 3.63) is 118 Å². The number of ether oxygens (including phenoxy) is 1. The largest absolute Gasteiger partial charge is 0.497 e. The molecular formula is C29H23ClN2O5S. The van der Waals surface area contributed by atoms with Gasteiger partial charge in [0.25, 0.3) is 11.8 Å². The minimum Gasteiger partial charge on any atom is -0.497 e. The number of halogens is 1. The fraction of sp³-hybridized carbons (Fsp3) is 0.103. The minimum absolute atomic E-state index is 0.0514. The number of nitrogens with one attached hydrogen (secondary N) is 1. The highest BCUT2D eigenvalue weighted by molar-refractivity contribution is 7.91. The summed E-state index contributed by atoms with van der Waals surface area (Å²) in [5.41, 5.74) is 1.99. The summed E-state index contributed by atoms with van der Waals surface area (Å²) in [5.74, 6) is -0.186. The molecule has 1 aliphatic heterocycles. The molecule has 1 N–H and O–H groups in total. The predicted octanol–water partition coefficient (Wildman–Crippen LogP) is 5.27. The Kier molecular flexibility index (Phi) is 6.93. The molecule has 0 radical (unpaired) electrons. The molecule has 0 atom stereocenters. The van der Waals surface area contributed by atoms with E-state index in [2.05, 4.69) is 5.32 Å². The van der Waals surface area contributed by atoms with Crippen molar-refractivity contribution in [2.45, 2.75) is 22.9 Å². The van der Waals surface area contributed by atoms with E-state index in [-0.39, 0.29) is 39.7 Å². The zero-order valence-corrected chi connectivity index (χ0v) is 21.9. The van der Waals surface area contributed by atoms with Gasteiger partial charge in [-0.1, -0.05) is 48.0 Å². The number of carbonyl (C=O) groups excluding carboxylic acids is 2. The molecule has 4 aromatic rings. The van der Waals surface area contributed by atoms with E-state index in [1.54, 1.807) is 55.6 Å². The van der Waals surface area contributed by atoms with E-state index < -0.39 is 21.7 Å². The van der Waals surface area contributed by atoms with Crippen molar-refractivity contribution < 1.29 is 22.7 Å². The fourth-order valence-electron chi connectivity index (χ4n) is 4.35. The number of hydrogen-bond acceptors (Lipinski definition) is 5. The van der Waals surface area contributed by atoms with Crippen molar-refractivity contribution in [1.82, 2.24) is 5.32 Å². The van der Waals surface area contributed by atoms with Gasteiger partial charge in [0.1, 0.15) is 5.75 Å². The molecule has 2 amide bonds. The highest BCUT2D eigenvalue weighted by Gasteiger charge is 2.36. The molecule has 1 heterocycles. The lowest BCUT2D eigenvalue weighted by molar-refractivity contribution is 0.0947. The number of anilines is 1. The normalized spacial score (nSPS) is 13.7. The Morgan fingerprint density at radius 1 is 0.895 bits per heavy atom. The third-order valence-electron chi connectivity index (χ3n) is 6.30. The number of methoxy groups -OCH3 is 1. The van der Waals surface area contributed by atoms with E-state index in [9.17, 15) is 18.0 Å². The molecule has 5 rings (SSSR count). The standard InChI is InChI=1S/C29H23ClN2O5S/c1-37-23-12-9-19(10-13-23)17-31-28(33)21-11-14-27-25(16-21)32(18-20-5-4-6-22(30)15-20)29(34)24-7-2-3-8-26(24)38(27,35)36/h2-16H,17-18H2,1H3,(H,31,33). The molecule has 1 aliphatic rings. The zero-order valence-electron chi connectivity index (χ0n) is 20.3. The van der Waals surface area contributed by atoms with Crippen LogP contribution >= 0.6 is 11.6 Å². The lowest BCUT2D eigenvalue weighted by Crippen LogP contribution is -2.31. The number of rotatable bonds is 6. The Labute approximate surface area is 225 Å². The van der Waals surface area contributed by atoms with E-state index in [0.717, 1.165) is 5.56 Å². The molecular weight excluding hydrogens is 524 g/mol. The van der Waals surface area contributed by atoms with Gasteiger partial charge in [-0.05, 0) is 65.7 Å². The summed E-state index contributed by atoms with van der Waals surface area (Å²) >= 11 is 6.17. The lowest BCUT2D eigenvalue weighted by Gasteiger charge is -2.23. The molecule has 9 heteroatoms. The Hall–Kier alpha value is -4.14. The molecule has 0 unspecified atom stereocenters. The van der Waals surface area contributed by atoms with Gasteiger partial charge in [0.05, 0.1) is 34.7 Å². The SMILES string of the molecule is COc1ccc(CNC(=O)c2ccc3c(c2)N(Cc2cccc(Cl)c2)C(=O)c2ccccc2S3(=O)=O)cc1. The number of fused-ring (bicyclic) bond motifs is 2. The average molecular weight is 547 g/mol. The average Bonchev–Trinajstić information content (AvgIpc) is 3.00. The summed E-state index contributed by atoms with van der Waals surface area (Å²) in [7, 11) is -2.46. The quantitative estimate of drug-likeness (QED) is 0.355. The van der Waals surface area contributed by atoms with E-state index in [4.69, 9.17) is 16.3 Å². The molecule has 0 spiro atoms. The van der Waals surface area contributed by atoms with Crippen LogP contribution in [0.25, 0.3) is 0 Å². The third-order valence-corrected chi connectivity index (χ3v) is 8.39. The first-order chi connectivity index (χ1) is 18.3. The molecule has 7 nitrogen and oxygen atoms in total. The molecule has 0 saturated carbocycles. The molecule has 0 saturated heterocycles. The second kappa shape index (κ2) is 10.3. The van der Waals surface area contributed by atoms with Crippen LogP contribution < -0.4 is 15.0 Å².